The van der Waals surface area contributed by atoms with Gasteiger partial charge in [-0.25, -0.2) is 0 Å². The van der Waals surface area contributed by atoms with Crippen LogP contribution in [0.4, 0.5) is 0 Å². The van der Waals surface area contributed by atoms with Crippen molar-refractivity contribution < 1.29 is 9.53 Å². The van der Waals surface area contributed by atoms with Crippen LogP contribution < -0.4 is 10.5 Å². The number of aryl methyl sites for hydroxylation is 3. The molecule has 1 aliphatic rings. The molecule has 1 aromatic rings. The van der Waals surface area contributed by atoms with E-state index in [9.17, 15) is 4.79 Å². The van der Waals surface area contributed by atoms with E-state index in [1.807, 2.05) is 18.7 Å². The summed E-state index contributed by atoms with van der Waals surface area (Å²) in [7, 11) is 0. The fraction of sp³-hybridized carbons (Fsp3) is 0.562. The molecule has 5 heteroatoms. The van der Waals surface area contributed by atoms with Gasteiger partial charge in [-0.2, -0.15) is 0 Å². The molecule has 1 atom stereocenters. The molecule has 1 amide bonds. The van der Waals surface area contributed by atoms with E-state index in [1.165, 1.54) is 5.56 Å². The van der Waals surface area contributed by atoms with Crippen molar-refractivity contribution in [3.05, 3.63) is 28.8 Å². The molecule has 0 aromatic heterocycles. The maximum absolute atomic E-state index is 12.2. The van der Waals surface area contributed by atoms with Gasteiger partial charge in [-0.1, -0.05) is 17.7 Å². The lowest BCUT2D eigenvalue weighted by Gasteiger charge is -2.24. The zero-order valence-corrected chi connectivity index (χ0v) is 13.8. The third-order valence-corrected chi connectivity index (χ3v) is 3.91. The molecule has 1 saturated heterocycles. The lowest BCUT2D eigenvalue weighted by Crippen LogP contribution is -2.42. The smallest absolute Gasteiger partial charge is 0.260 e. The lowest BCUT2D eigenvalue weighted by molar-refractivity contribution is -0.134. The highest BCUT2D eigenvalue weighted by molar-refractivity contribution is 5.85. The second kappa shape index (κ2) is 7.66. The average Bonchev–Trinajstić information content (AvgIpc) is 2.85. The Kier molecular flexibility index (Phi) is 6.49. The van der Waals surface area contributed by atoms with Crippen LogP contribution >= 0.6 is 12.4 Å². The van der Waals surface area contributed by atoms with Gasteiger partial charge in [0, 0.05) is 19.1 Å². The maximum atomic E-state index is 12.2. The van der Waals surface area contributed by atoms with E-state index >= 15 is 0 Å². The van der Waals surface area contributed by atoms with E-state index in [0.717, 1.165) is 36.3 Å². The number of hydrogen-bond acceptors (Lipinski definition) is 3. The lowest BCUT2D eigenvalue weighted by atomic mass is 10.1. The van der Waals surface area contributed by atoms with Gasteiger partial charge < -0.3 is 15.4 Å². The zero-order valence-electron chi connectivity index (χ0n) is 13.0. The molecule has 21 heavy (non-hydrogen) atoms. The summed E-state index contributed by atoms with van der Waals surface area (Å²) in [5.74, 6) is 0.866. The topological polar surface area (TPSA) is 55.6 Å². The fourth-order valence-electron chi connectivity index (χ4n) is 3.02. The predicted octanol–water partition coefficient (Wildman–Crippen LogP) is 2.36. The minimum absolute atomic E-state index is 0. The van der Waals surface area contributed by atoms with Crippen LogP contribution in [0.25, 0.3) is 0 Å². The zero-order chi connectivity index (χ0) is 14.7. The first-order valence-corrected chi connectivity index (χ1v) is 7.23. The predicted molar refractivity (Wildman–Crippen MR) is 87.2 cm³/mol. The maximum Gasteiger partial charge on any atom is 0.260 e. The first kappa shape index (κ1) is 17.8. The van der Waals surface area contributed by atoms with Gasteiger partial charge in [-0.15, -0.1) is 12.4 Å². The number of amides is 1. The number of ether oxygens (including phenoxy) is 1. The van der Waals surface area contributed by atoms with Crippen LogP contribution in [0.1, 0.15) is 29.5 Å². The summed E-state index contributed by atoms with van der Waals surface area (Å²) in [6.45, 7) is 7.52. The molecule has 0 spiro atoms. The van der Waals surface area contributed by atoms with E-state index in [1.54, 1.807) is 0 Å². The summed E-state index contributed by atoms with van der Waals surface area (Å²) in [6.07, 6.45) is 2.04. The van der Waals surface area contributed by atoms with Crippen LogP contribution in [0.15, 0.2) is 12.1 Å². The van der Waals surface area contributed by atoms with Gasteiger partial charge in [0.2, 0.25) is 0 Å². The Morgan fingerprint density at radius 3 is 2.52 bits per heavy atom. The van der Waals surface area contributed by atoms with Crippen molar-refractivity contribution in [2.24, 2.45) is 5.73 Å². The molecule has 0 saturated carbocycles. The summed E-state index contributed by atoms with van der Waals surface area (Å²) < 4.78 is 5.76. The molecule has 1 fully saturated rings. The van der Waals surface area contributed by atoms with Gasteiger partial charge >= 0.3 is 0 Å². The Morgan fingerprint density at radius 2 is 1.95 bits per heavy atom. The van der Waals surface area contributed by atoms with E-state index in [2.05, 4.69) is 19.1 Å². The number of rotatable bonds is 4. The summed E-state index contributed by atoms with van der Waals surface area (Å²) in [6, 6.07) is 4.34. The normalized spacial score (nSPS) is 17.5. The summed E-state index contributed by atoms with van der Waals surface area (Å²) in [4.78, 5) is 14.1. The van der Waals surface area contributed by atoms with E-state index in [-0.39, 0.29) is 31.0 Å². The SMILES string of the molecule is Cc1cc(C)c(OCC(=O)N2CCCC2CN)c(C)c1.Cl. The molecule has 1 aromatic carbocycles. The van der Waals surface area contributed by atoms with Crippen LogP contribution in [0, 0.1) is 20.8 Å². The van der Waals surface area contributed by atoms with E-state index in [4.69, 9.17) is 10.5 Å². The minimum Gasteiger partial charge on any atom is -0.483 e. The van der Waals surface area contributed by atoms with Crippen LogP contribution in [-0.2, 0) is 4.79 Å². The number of nitrogens with zero attached hydrogens (tertiary/aromatic N) is 1. The minimum atomic E-state index is 0. The second-order valence-electron chi connectivity index (χ2n) is 5.64. The van der Waals surface area contributed by atoms with E-state index in [0.29, 0.717) is 6.54 Å². The van der Waals surface area contributed by atoms with Crippen molar-refractivity contribution >= 4 is 18.3 Å². The molecular formula is C16H25ClN2O2. The average molecular weight is 313 g/mol. The molecule has 118 valence electrons. The highest BCUT2D eigenvalue weighted by Gasteiger charge is 2.27. The van der Waals surface area contributed by atoms with Gasteiger partial charge in [-0.05, 0) is 44.7 Å². The molecule has 0 bridgehead atoms. The van der Waals surface area contributed by atoms with Crippen molar-refractivity contribution in [3.8, 4) is 5.75 Å². The Hall–Kier alpha value is -1.26. The summed E-state index contributed by atoms with van der Waals surface area (Å²) >= 11 is 0. The van der Waals surface area contributed by atoms with Crippen molar-refractivity contribution in [1.29, 1.82) is 0 Å². The van der Waals surface area contributed by atoms with Crippen molar-refractivity contribution in [3.63, 3.8) is 0 Å². The summed E-state index contributed by atoms with van der Waals surface area (Å²) in [5.41, 5.74) is 9.06. The van der Waals surface area contributed by atoms with Crippen molar-refractivity contribution in [1.82, 2.24) is 4.90 Å². The van der Waals surface area contributed by atoms with Gasteiger partial charge in [0.25, 0.3) is 5.91 Å². The Labute approximate surface area is 133 Å². The Morgan fingerprint density at radius 1 is 1.33 bits per heavy atom. The van der Waals surface area contributed by atoms with Crippen LogP contribution in [0.3, 0.4) is 0 Å². The molecule has 0 radical (unpaired) electrons. The highest BCUT2D eigenvalue weighted by atomic mass is 35.5. The van der Waals surface area contributed by atoms with Crippen molar-refractivity contribution in [2.75, 3.05) is 19.7 Å². The van der Waals surface area contributed by atoms with Crippen molar-refractivity contribution in [2.45, 2.75) is 39.7 Å². The molecule has 4 nitrogen and oxygen atoms in total. The quantitative estimate of drug-likeness (QED) is 0.928. The summed E-state index contributed by atoms with van der Waals surface area (Å²) in [5, 5.41) is 0. The van der Waals surface area contributed by atoms with E-state index < -0.39 is 0 Å². The number of halogens is 1. The first-order chi connectivity index (χ1) is 9.52. The number of hydrogen-bond donors (Lipinski definition) is 1. The monoisotopic (exact) mass is 312 g/mol. The molecular weight excluding hydrogens is 288 g/mol. The molecule has 2 N–H and O–H groups in total. The standard InChI is InChI=1S/C16H24N2O2.ClH/c1-11-7-12(2)16(13(3)8-11)20-10-15(19)18-6-4-5-14(18)9-17;/h7-8,14H,4-6,9-10,17H2,1-3H3;1H. The largest absolute Gasteiger partial charge is 0.483 e. The third-order valence-electron chi connectivity index (χ3n) is 3.91. The number of benzene rings is 1. The van der Waals surface area contributed by atoms with Gasteiger partial charge in [0.15, 0.2) is 6.61 Å². The van der Waals surface area contributed by atoms with Crippen LogP contribution in [-0.4, -0.2) is 36.5 Å². The highest BCUT2D eigenvalue weighted by Crippen LogP contribution is 2.25. The number of likely N-dealkylation sites (tertiary alicyclic amines) is 1. The first-order valence-electron chi connectivity index (χ1n) is 7.23. The Bertz CT molecular complexity index is 482. The van der Waals surface area contributed by atoms with Crippen LogP contribution in [0.5, 0.6) is 5.75 Å². The Balaban J connectivity index is 0.00000220. The second-order valence-corrected chi connectivity index (χ2v) is 5.64. The van der Waals surface area contributed by atoms with Gasteiger partial charge in [0.1, 0.15) is 5.75 Å². The third kappa shape index (κ3) is 4.11. The molecule has 1 unspecified atom stereocenters. The van der Waals surface area contributed by atoms with Gasteiger partial charge in [0.05, 0.1) is 0 Å². The molecule has 1 heterocycles. The fourth-order valence-corrected chi connectivity index (χ4v) is 3.02. The number of carbonyl (C=O) groups excluding carboxylic acids is 1. The number of nitrogens with two attached hydrogens (primary N) is 1. The van der Waals surface area contributed by atoms with Crippen LogP contribution in [0.2, 0.25) is 0 Å². The molecule has 2 rings (SSSR count). The van der Waals surface area contributed by atoms with Gasteiger partial charge in [-0.3, -0.25) is 4.79 Å². The molecule has 0 aliphatic carbocycles. The molecule has 1 aliphatic heterocycles. The number of carbonyl (C=O) groups is 1.